The molecule has 1 unspecified atom stereocenters. The van der Waals surface area contributed by atoms with Crippen LogP contribution < -0.4 is 5.32 Å². The number of imidazole rings is 1. The number of piperidine rings is 1. The number of pyridine rings is 1. The first-order valence-electron chi connectivity index (χ1n) is 9.30. The third kappa shape index (κ3) is 3.85. The SMILES string of the molecule is N#CCC(=O)N1CCCC(Nc2ccnc(-c3cnc4ccc(C#N)cn34)n2)C1. The Hall–Kier alpha value is -3.98. The van der Waals surface area contributed by atoms with Crippen LogP contribution in [0.1, 0.15) is 24.8 Å². The number of hydrogen-bond acceptors (Lipinski definition) is 7. The van der Waals surface area contributed by atoms with Gasteiger partial charge in [0.15, 0.2) is 5.82 Å². The average molecular weight is 386 g/mol. The fraction of sp³-hybridized carbons (Fsp3) is 0.300. The molecule has 9 nitrogen and oxygen atoms in total. The average Bonchev–Trinajstić information content (AvgIpc) is 3.17. The number of carbonyl (C=O) groups is 1. The van der Waals surface area contributed by atoms with Gasteiger partial charge in [-0.05, 0) is 31.0 Å². The lowest BCUT2D eigenvalue weighted by Crippen LogP contribution is -2.45. The maximum Gasteiger partial charge on any atom is 0.236 e. The second-order valence-corrected chi connectivity index (χ2v) is 6.82. The number of aromatic nitrogens is 4. The van der Waals surface area contributed by atoms with Gasteiger partial charge in [0.05, 0.1) is 17.8 Å². The molecule has 4 rings (SSSR count). The van der Waals surface area contributed by atoms with E-state index in [1.54, 1.807) is 46.1 Å². The molecule has 29 heavy (non-hydrogen) atoms. The summed E-state index contributed by atoms with van der Waals surface area (Å²) in [6, 6.07) is 9.37. The Kier molecular flexibility index (Phi) is 5.04. The molecule has 1 saturated heterocycles. The smallest absolute Gasteiger partial charge is 0.236 e. The van der Waals surface area contributed by atoms with E-state index in [-0.39, 0.29) is 18.4 Å². The molecule has 4 heterocycles. The maximum absolute atomic E-state index is 12.0. The predicted molar refractivity (Wildman–Crippen MR) is 104 cm³/mol. The normalized spacial score (nSPS) is 16.2. The Morgan fingerprint density at radius 3 is 3.00 bits per heavy atom. The number of nitriles is 2. The predicted octanol–water partition coefficient (Wildman–Crippen LogP) is 1.98. The van der Waals surface area contributed by atoms with E-state index >= 15 is 0 Å². The molecule has 9 heteroatoms. The number of nitrogens with one attached hydrogen (secondary N) is 1. The fourth-order valence-corrected chi connectivity index (χ4v) is 3.48. The summed E-state index contributed by atoms with van der Waals surface area (Å²) in [7, 11) is 0. The number of hydrogen-bond donors (Lipinski definition) is 1. The Bertz CT molecular complexity index is 1140. The van der Waals surface area contributed by atoms with Crippen LogP contribution >= 0.6 is 0 Å². The van der Waals surface area contributed by atoms with Crippen molar-refractivity contribution in [1.82, 2.24) is 24.3 Å². The first kappa shape index (κ1) is 18.4. The lowest BCUT2D eigenvalue weighted by atomic mass is 10.1. The summed E-state index contributed by atoms with van der Waals surface area (Å²) in [5.41, 5.74) is 1.92. The van der Waals surface area contributed by atoms with Crippen molar-refractivity contribution < 1.29 is 4.79 Å². The number of carbonyl (C=O) groups excluding carboxylic acids is 1. The maximum atomic E-state index is 12.0. The van der Waals surface area contributed by atoms with E-state index < -0.39 is 0 Å². The van der Waals surface area contributed by atoms with Crippen molar-refractivity contribution in [2.24, 2.45) is 0 Å². The van der Waals surface area contributed by atoms with Crippen LogP contribution in [-0.2, 0) is 4.79 Å². The highest BCUT2D eigenvalue weighted by Gasteiger charge is 2.23. The van der Waals surface area contributed by atoms with Crippen molar-refractivity contribution in [3.8, 4) is 23.7 Å². The second kappa shape index (κ2) is 7.95. The number of fused-ring (bicyclic) bond motifs is 1. The molecule has 1 N–H and O–H groups in total. The highest BCUT2D eigenvalue weighted by Crippen LogP contribution is 2.21. The molecule has 3 aromatic rings. The van der Waals surface area contributed by atoms with Crippen LogP contribution in [0, 0.1) is 22.7 Å². The summed E-state index contributed by atoms with van der Waals surface area (Å²) in [6.07, 6.45) is 6.75. The van der Waals surface area contributed by atoms with Gasteiger partial charge in [-0.15, -0.1) is 0 Å². The minimum Gasteiger partial charge on any atom is -0.365 e. The van der Waals surface area contributed by atoms with Crippen molar-refractivity contribution in [2.45, 2.75) is 25.3 Å². The summed E-state index contributed by atoms with van der Waals surface area (Å²) in [5, 5.41) is 21.3. The zero-order chi connectivity index (χ0) is 20.2. The molecule has 0 aromatic carbocycles. The molecule has 1 aliphatic rings. The molecule has 0 spiro atoms. The summed E-state index contributed by atoms with van der Waals surface area (Å²) >= 11 is 0. The fourth-order valence-electron chi connectivity index (χ4n) is 3.48. The minimum atomic E-state index is -0.138. The molecular formula is C20H18N8O. The van der Waals surface area contributed by atoms with E-state index in [0.29, 0.717) is 41.6 Å². The van der Waals surface area contributed by atoms with Crippen LogP contribution in [0.4, 0.5) is 5.82 Å². The molecule has 144 valence electrons. The van der Waals surface area contributed by atoms with Crippen molar-refractivity contribution in [3.63, 3.8) is 0 Å². The van der Waals surface area contributed by atoms with Crippen LogP contribution in [0.5, 0.6) is 0 Å². The Balaban J connectivity index is 1.55. The summed E-state index contributed by atoms with van der Waals surface area (Å²) in [4.78, 5) is 27.0. The van der Waals surface area contributed by atoms with Gasteiger partial charge < -0.3 is 10.2 Å². The number of amides is 1. The van der Waals surface area contributed by atoms with E-state index in [2.05, 4.69) is 26.3 Å². The molecule has 1 atom stereocenters. The number of anilines is 1. The zero-order valence-electron chi connectivity index (χ0n) is 15.6. The van der Waals surface area contributed by atoms with Crippen molar-refractivity contribution in [1.29, 1.82) is 10.5 Å². The molecule has 0 radical (unpaired) electrons. The molecule has 0 aliphatic carbocycles. The molecule has 3 aromatic heterocycles. The van der Waals surface area contributed by atoms with Gasteiger partial charge in [0.25, 0.3) is 0 Å². The van der Waals surface area contributed by atoms with Crippen LogP contribution in [0.15, 0.2) is 36.8 Å². The zero-order valence-corrected chi connectivity index (χ0v) is 15.6. The van der Waals surface area contributed by atoms with Crippen LogP contribution in [-0.4, -0.2) is 49.3 Å². The third-order valence-corrected chi connectivity index (χ3v) is 4.88. The molecule has 1 fully saturated rings. The van der Waals surface area contributed by atoms with E-state index in [1.807, 2.05) is 6.07 Å². The van der Waals surface area contributed by atoms with Crippen LogP contribution in [0.25, 0.3) is 17.2 Å². The molecule has 1 amide bonds. The van der Waals surface area contributed by atoms with Crippen LogP contribution in [0.2, 0.25) is 0 Å². The standard InChI is InChI=1S/C20H18N8O/c21-7-5-19(29)27-9-1-2-15(13-27)25-17-6-8-23-20(26-17)16-11-24-18-4-3-14(10-22)12-28(16)18/h3-4,6,8,11-12,15H,1-2,5,9,13H2,(H,23,25,26). The van der Waals surface area contributed by atoms with Gasteiger partial charge in [0.2, 0.25) is 5.91 Å². The van der Waals surface area contributed by atoms with Gasteiger partial charge in [-0.1, -0.05) is 0 Å². The lowest BCUT2D eigenvalue weighted by Gasteiger charge is -2.33. The largest absolute Gasteiger partial charge is 0.365 e. The lowest BCUT2D eigenvalue weighted by molar-refractivity contribution is -0.131. The van der Waals surface area contributed by atoms with Gasteiger partial charge in [-0.2, -0.15) is 10.5 Å². The minimum absolute atomic E-state index is 0.0570. The first-order chi connectivity index (χ1) is 14.2. The second-order valence-electron chi connectivity index (χ2n) is 6.82. The third-order valence-electron chi connectivity index (χ3n) is 4.88. The van der Waals surface area contributed by atoms with Gasteiger partial charge in [0, 0.05) is 31.5 Å². The highest BCUT2D eigenvalue weighted by molar-refractivity contribution is 5.78. The van der Waals surface area contributed by atoms with Gasteiger partial charge in [0.1, 0.15) is 29.6 Å². The van der Waals surface area contributed by atoms with Gasteiger partial charge in [-0.25, -0.2) is 15.0 Å². The topological polar surface area (TPSA) is 123 Å². The summed E-state index contributed by atoms with van der Waals surface area (Å²) in [5.74, 6) is 1.01. The Labute approximate surface area is 167 Å². The highest BCUT2D eigenvalue weighted by atomic mass is 16.2. The van der Waals surface area contributed by atoms with Crippen molar-refractivity contribution in [2.75, 3.05) is 18.4 Å². The first-order valence-corrected chi connectivity index (χ1v) is 9.30. The van der Waals surface area contributed by atoms with E-state index in [0.717, 1.165) is 12.8 Å². The number of likely N-dealkylation sites (tertiary alicyclic amines) is 1. The van der Waals surface area contributed by atoms with Gasteiger partial charge in [-0.3, -0.25) is 9.20 Å². The number of nitrogens with zero attached hydrogens (tertiary/aromatic N) is 7. The molecule has 1 aliphatic heterocycles. The quantitative estimate of drug-likeness (QED) is 0.727. The Morgan fingerprint density at radius 2 is 2.17 bits per heavy atom. The summed E-state index contributed by atoms with van der Waals surface area (Å²) < 4.78 is 1.79. The van der Waals surface area contributed by atoms with Crippen LogP contribution in [0.3, 0.4) is 0 Å². The molecular weight excluding hydrogens is 368 g/mol. The Morgan fingerprint density at radius 1 is 1.28 bits per heavy atom. The van der Waals surface area contributed by atoms with E-state index in [1.165, 1.54) is 0 Å². The van der Waals surface area contributed by atoms with E-state index in [4.69, 9.17) is 10.5 Å². The molecule has 0 bridgehead atoms. The van der Waals surface area contributed by atoms with Gasteiger partial charge >= 0.3 is 0 Å². The van der Waals surface area contributed by atoms with Crippen molar-refractivity contribution in [3.05, 3.63) is 42.4 Å². The van der Waals surface area contributed by atoms with Crippen molar-refractivity contribution >= 4 is 17.4 Å². The summed E-state index contributed by atoms with van der Waals surface area (Å²) in [6.45, 7) is 1.22. The molecule has 0 saturated carbocycles. The van der Waals surface area contributed by atoms with E-state index in [9.17, 15) is 4.79 Å². The number of rotatable bonds is 4. The monoisotopic (exact) mass is 386 g/mol.